The number of nitrogens with one attached hydrogen (secondary N) is 1. The molecule has 2 aromatic rings. The Balaban J connectivity index is 2.10. The van der Waals surface area contributed by atoms with Crippen LogP contribution in [0.5, 0.6) is 5.75 Å². The molecule has 0 amide bonds. The third-order valence-corrected chi connectivity index (χ3v) is 4.69. The molecule has 1 N–H and O–H groups in total. The van der Waals surface area contributed by atoms with Gasteiger partial charge in [-0.3, -0.25) is 0 Å². The molecular formula is C15H13ClF3NO3S. The predicted octanol–water partition coefficient (Wildman–Crippen LogP) is 3.76. The smallest absolute Gasteiger partial charge is 0.404 e. The van der Waals surface area contributed by atoms with E-state index in [4.69, 9.17) is 11.6 Å². The first-order valence-corrected chi connectivity index (χ1v) is 8.62. The Labute approximate surface area is 142 Å². The SMILES string of the molecule is O=S(=O)(NCCc1cccc(Cl)c1)c1ccccc1OC(F)(F)F. The van der Waals surface area contributed by atoms with Gasteiger partial charge in [-0.05, 0) is 36.2 Å². The Hall–Kier alpha value is -1.77. The van der Waals surface area contributed by atoms with Gasteiger partial charge in [0.15, 0.2) is 0 Å². The highest BCUT2D eigenvalue weighted by atomic mass is 35.5. The fourth-order valence-corrected chi connectivity index (χ4v) is 3.35. The fraction of sp³-hybridized carbons (Fsp3) is 0.200. The van der Waals surface area contributed by atoms with E-state index in [-0.39, 0.29) is 6.54 Å². The van der Waals surface area contributed by atoms with Crippen molar-refractivity contribution in [3.05, 3.63) is 59.1 Å². The van der Waals surface area contributed by atoms with E-state index in [0.717, 1.165) is 17.7 Å². The number of benzene rings is 2. The standard InChI is InChI=1S/C15H13ClF3NO3S/c16-12-5-3-4-11(10-12)8-9-20-24(21,22)14-7-2-1-6-13(14)23-15(17,18)19/h1-7,10,20H,8-9H2. The molecular weight excluding hydrogens is 367 g/mol. The van der Waals surface area contributed by atoms with Gasteiger partial charge in [0.2, 0.25) is 10.0 Å². The highest BCUT2D eigenvalue weighted by molar-refractivity contribution is 7.89. The molecule has 0 aliphatic rings. The summed E-state index contributed by atoms with van der Waals surface area (Å²) in [5, 5.41) is 0.513. The first-order valence-electron chi connectivity index (χ1n) is 6.76. The van der Waals surface area contributed by atoms with Crippen molar-refractivity contribution in [3.8, 4) is 5.75 Å². The maximum atomic E-state index is 12.4. The second-order valence-electron chi connectivity index (χ2n) is 4.77. The first kappa shape index (κ1) is 18.6. The van der Waals surface area contributed by atoms with Crippen molar-refractivity contribution in [2.75, 3.05) is 6.54 Å². The lowest BCUT2D eigenvalue weighted by molar-refractivity contribution is -0.275. The zero-order chi connectivity index (χ0) is 17.8. The number of hydrogen-bond acceptors (Lipinski definition) is 3. The molecule has 9 heteroatoms. The Bertz CT molecular complexity index is 810. The van der Waals surface area contributed by atoms with Crippen LogP contribution in [-0.2, 0) is 16.4 Å². The van der Waals surface area contributed by atoms with Crippen molar-refractivity contribution in [2.24, 2.45) is 0 Å². The molecule has 0 saturated carbocycles. The Morgan fingerprint density at radius 2 is 1.79 bits per heavy atom. The van der Waals surface area contributed by atoms with Gasteiger partial charge in [-0.1, -0.05) is 35.9 Å². The van der Waals surface area contributed by atoms with E-state index in [9.17, 15) is 21.6 Å². The van der Waals surface area contributed by atoms with E-state index < -0.39 is 27.0 Å². The summed E-state index contributed by atoms with van der Waals surface area (Å²) in [5.41, 5.74) is 0.796. The molecule has 4 nitrogen and oxygen atoms in total. The second kappa shape index (κ2) is 7.42. The van der Waals surface area contributed by atoms with Crippen molar-refractivity contribution in [1.82, 2.24) is 4.72 Å². The van der Waals surface area contributed by atoms with E-state index in [1.54, 1.807) is 24.3 Å². The summed E-state index contributed by atoms with van der Waals surface area (Å²) in [6.07, 6.45) is -4.64. The summed E-state index contributed by atoms with van der Waals surface area (Å²) in [7, 11) is -4.15. The largest absolute Gasteiger partial charge is 0.573 e. The highest BCUT2D eigenvalue weighted by Gasteiger charge is 2.33. The zero-order valence-electron chi connectivity index (χ0n) is 12.2. The lowest BCUT2D eigenvalue weighted by Crippen LogP contribution is -2.27. The third kappa shape index (κ3) is 5.40. The van der Waals surface area contributed by atoms with Gasteiger partial charge in [-0.25, -0.2) is 13.1 Å². The topological polar surface area (TPSA) is 55.4 Å². The minimum atomic E-state index is -4.98. The van der Waals surface area contributed by atoms with Gasteiger partial charge in [0.05, 0.1) is 0 Å². The zero-order valence-corrected chi connectivity index (χ0v) is 13.8. The number of alkyl halides is 3. The van der Waals surface area contributed by atoms with Gasteiger partial charge in [0.25, 0.3) is 0 Å². The highest BCUT2D eigenvalue weighted by Crippen LogP contribution is 2.29. The van der Waals surface area contributed by atoms with Crippen molar-refractivity contribution in [3.63, 3.8) is 0 Å². The molecule has 0 aliphatic heterocycles. The van der Waals surface area contributed by atoms with Crippen molar-refractivity contribution in [1.29, 1.82) is 0 Å². The van der Waals surface area contributed by atoms with E-state index in [1.165, 1.54) is 12.1 Å². The van der Waals surface area contributed by atoms with Crippen LogP contribution in [0.4, 0.5) is 13.2 Å². The number of sulfonamides is 1. The maximum absolute atomic E-state index is 12.4. The number of ether oxygens (including phenoxy) is 1. The van der Waals surface area contributed by atoms with Gasteiger partial charge < -0.3 is 4.74 Å². The average Bonchev–Trinajstić information content (AvgIpc) is 2.46. The van der Waals surface area contributed by atoms with Gasteiger partial charge in [-0.2, -0.15) is 0 Å². The molecule has 0 heterocycles. The molecule has 0 spiro atoms. The normalized spacial score (nSPS) is 12.2. The van der Waals surface area contributed by atoms with Crippen LogP contribution in [0.1, 0.15) is 5.56 Å². The monoisotopic (exact) mass is 379 g/mol. The number of halogens is 4. The van der Waals surface area contributed by atoms with Crippen molar-refractivity contribution < 1.29 is 26.3 Å². The van der Waals surface area contributed by atoms with E-state index in [2.05, 4.69) is 9.46 Å². The summed E-state index contributed by atoms with van der Waals surface area (Å²) in [4.78, 5) is -0.576. The molecule has 0 unspecified atom stereocenters. The van der Waals surface area contributed by atoms with Gasteiger partial charge in [0.1, 0.15) is 10.6 Å². The number of para-hydroxylation sites is 1. The Morgan fingerprint density at radius 3 is 2.46 bits per heavy atom. The van der Waals surface area contributed by atoms with Crippen LogP contribution < -0.4 is 9.46 Å². The van der Waals surface area contributed by atoms with E-state index in [0.29, 0.717) is 11.4 Å². The molecule has 0 aliphatic carbocycles. The molecule has 0 atom stereocenters. The van der Waals surface area contributed by atoms with Crippen molar-refractivity contribution >= 4 is 21.6 Å². The Kier molecular flexibility index (Phi) is 5.74. The van der Waals surface area contributed by atoms with Crippen LogP contribution in [0, 0.1) is 0 Å². The molecule has 24 heavy (non-hydrogen) atoms. The average molecular weight is 380 g/mol. The number of rotatable bonds is 6. The van der Waals surface area contributed by atoms with Crippen LogP contribution in [0.25, 0.3) is 0 Å². The molecule has 0 radical (unpaired) electrons. The second-order valence-corrected chi connectivity index (χ2v) is 6.94. The predicted molar refractivity (Wildman–Crippen MR) is 83.5 cm³/mol. The fourth-order valence-electron chi connectivity index (χ4n) is 1.98. The summed E-state index contributed by atoms with van der Waals surface area (Å²) >= 11 is 5.83. The lowest BCUT2D eigenvalue weighted by atomic mass is 10.2. The molecule has 2 aromatic carbocycles. The molecule has 0 aromatic heterocycles. The van der Waals surface area contributed by atoms with Gasteiger partial charge in [-0.15, -0.1) is 13.2 Å². The van der Waals surface area contributed by atoms with E-state index >= 15 is 0 Å². The summed E-state index contributed by atoms with van der Waals surface area (Å²) in [6, 6.07) is 11.4. The molecule has 0 fully saturated rings. The van der Waals surface area contributed by atoms with Gasteiger partial charge in [0, 0.05) is 11.6 Å². The quantitative estimate of drug-likeness (QED) is 0.831. The van der Waals surface area contributed by atoms with Crippen molar-refractivity contribution in [2.45, 2.75) is 17.7 Å². The minimum absolute atomic E-state index is 0.00300. The van der Waals surface area contributed by atoms with Crippen LogP contribution in [0.15, 0.2) is 53.4 Å². The van der Waals surface area contributed by atoms with E-state index in [1.807, 2.05) is 0 Å². The minimum Gasteiger partial charge on any atom is -0.404 e. The van der Waals surface area contributed by atoms with Gasteiger partial charge >= 0.3 is 6.36 Å². The summed E-state index contributed by atoms with van der Waals surface area (Å²) in [5.74, 6) is -0.778. The summed E-state index contributed by atoms with van der Waals surface area (Å²) in [6.45, 7) is 0.00300. The molecule has 130 valence electrons. The maximum Gasteiger partial charge on any atom is 0.573 e. The van der Waals surface area contributed by atoms with Crippen LogP contribution >= 0.6 is 11.6 Å². The van der Waals surface area contributed by atoms with Crippen LogP contribution in [0.3, 0.4) is 0 Å². The van der Waals surface area contributed by atoms with Crippen LogP contribution in [0.2, 0.25) is 5.02 Å². The Morgan fingerprint density at radius 1 is 1.08 bits per heavy atom. The summed E-state index contributed by atoms with van der Waals surface area (Å²) < 4.78 is 67.5. The van der Waals surface area contributed by atoms with Crippen LogP contribution in [-0.4, -0.2) is 21.3 Å². The lowest BCUT2D eigenvalue weighted by Gasteiger charge is -2.14. The molecule has 2 rings (SSSR count). The molecule has 0 bridgehead atoms. The third-order valence-electron chi connectivity index (χ3n) is 2.96. The first-order chi connectivity index (χ1) is 11.2. The molecule has 0 saturated heterocycles. The number of hydrogen-bond donors (Lipinski definition) is 1.